The van der Waals surface area contributed by atoms with E-state index in [-0.39, 0.29) is 17.7 Å². The lowest BCUT2D eigenvalue weighted by Gasteiger charge is -2.04. The molecule has 0 amide bonds. The van der Waals surface area contributed by atoms with Crippen LogP contribution in [-0.2, 0) is 16.3 Å². The fourth-order valence-corrected chi connectivity index (χ4v) is 4.27. The predicted octanol–water partition coefficient (Wildman–Crippen LogP) is 0.547. The molecular weight excluding hydrogens is 282 g/mol. The molecule has 3 heterocycles. The fraction of sp³-hybridized carbons (Fsp3) is 0.417. The number of fused-ring (bicyclic) bond motifs is 1. The highest BCUT2D eigenvalue weighted by Crippen LogP contribution is 2.22. The van der Waals surface area contributed by atoms with Crippen molar-refractivity contribution in [2.45, 2.75) is 24.5 Å². The van der Waals surface area contributed by atoms with Gasteiger partial charge in [-0.15, -0.1) is 0 Å². The Labute approximate surface area is 115 Å². The summed E-state index contributed by atoms with van der Waals surface area (Å²) < 4.78 is 25.0. The minimum Gasteiger partial charge on any atom is -0.478 e. The molecule has 2 aromatic heterocycles. The van der Waals surface area contributed by atoms with Crippen LogP contribution < -0.4 is 0 Å². The molecule has 3 rings (SSSR count). The van der Waals surface area contributed by atoms with Gasteiger partial charge in [-0.2, -0.15) is 5.10 Å². The van der Waals surface area contributed by atoms with Gasteiger partial charge in [0.2, 0.25) is 0 Å². The van der Waals surface area contributed by atoms with E-state index in [2.05, 4.69) is 10.1 Å². The molecule has 0 bridgehead atoms. The Morgan fingerprint density at radius 2 is 2.30 bits per heavy atom. The average Bonchev–Trinajstić information content (AvgIpc) is 2.92. The first-order valence-electron chi connectivity index (χ1n) is 6.26. The molecule has 1 saturated heterocycles. The van der Waals surface area contributed by atoms with Crippen molar-refractivity contribution in [2.75, 3.05) is 5.75 Å². The highest BCUT2D eigenvalue weighted by Gasteiger charge is 2.32. The number of carboxylic acids is 1. The Bertz CT molecular complexity index is 781. The fourth-order valence-electron chi connectivity index (χ4n) is 2.44. The van der Waals surface area contributed by atoms with E-state index in [9.17, 15) is 13.2 Å². The number of rotatable bonds is 3. The van der Waals surface area contributed by atoms with Crippen LogP contribution in [-0.4, -0.2) is 45.1 Å². The second kappa shape index (κ2) is 4.55. The maximum Gasteiger partial charge on any atom is 0.335 e. The van der Waals surface area contributed by atoms with Gasteiger partial charge in [-0.25, -0.2) is 22.7 Å². The average molecular weight is 295 g/mol. The van der Waals surface area contributed by atoms with Gasteiger partial charge in [0.05, 0.1) is 16.6 Å². The number of aromatic carboxylic acids is 1. The van der Waals surface area contributed by atoms with E-state index < -0.39 is 21.1 Å². The van der Waals surface area contributed by atoms with Crippen molar-refractivity contribution < 1.29 is 18.3 Å². The van der Waals surface area contributed by atoms with Crippen LogP contribution in [0.5, 0.6) is 0 Å². The third-order valence-corrected chi connectivity index (χ3v) is 5.78. The number of pyridine rings is 1. The van der Waals surface area contributed by atoms with E-state index in [1.165, 1.54) is 22.8 Å². The molecule has 106 valence electrons. The van der Waals surface area contributed by atoms with Gasteiger partial charge in [0.1, 0.15) is 0 Å². The van der Waals surface area contributed by atoms with E-state index in [0.717, 1.165) is 0 Å². The lowest BCUT2D eigenvalue weighted by atomic mass is 10.2. The lowest BCUT2D eigenvalue weighted by molar-refractivity contribution is 0.0697. The summed E-state index contributed by atoms with van der Waals surface area (Å²) in [5, 5.41) is 12.7. The maximum atomic E-state index is 11.8. The molecule has 0 spiro atoms. The molecule has 2 aromatic rings. The molecule has 20 heavy (non-hydrogen) atoms. The van der Waals surface area contributed by atoms with Gasteiger partial charge in [-0.3, -0.25) is 0 Å². The molecule has 8 heteroatoms. The van der Waals surface area contributed by atoms with E-state index >= 15 is 0 Å². The zero-order valence-electron chi connectivity index (χ0n) is 10.6. The van der Waals surface area contributed by atoms with Gasteiger partial charge in [0.25, 0.3) is 0 Å². The molecule has 0 saturated carbocycles. The first kappa shape index (κ1) is 13.0. The van der Waals surface area contributed by atoms with Gasteiger partial charge >= 0.3 is 5.97 Å². The number of carboxylic acid groups (broad SMARTS) is 1. The molecule has 1 N–H and O–H groups in total. The molecule has 0 aromatic carbocycles. The van der Waals surface area contributed by atoms with Crippen molar-refractivity contribution in [3.05, 3.63) is 29.7 Å². The van der Waals surface area contributed by atoms with Crippen LogP contribution in [0.4, 0.5) is 0 Å². The van der Waals surface area contributed by atoms with Gasteiger partial charge < -0.3 is 5.11 Å². The first-order chi connectivity index (χ1) is 9.45. The van der Waals surface area contributed by atoms with Crippen LogP contribution >= 0.6 is 0 Å². The zero-order chi connectivity index (χ0) is 14.3. The molecule has 0 aliphatic carbocycles. The number of hydrogen-bond acceptors (Lipinski definition) is 5. The third-order valence-electron chi connectivity index (χ3n) is 3.50. The number of carbonyl (C=O) groups is 1. The van der Waals surface area contributed by atoms with E-state index in [4.69, 9.17) is 5.11 Å². The van der Waals surface area contributed by atoms with Gasteiger partial charge in [-0.05, 0) is 25.0 Å². The Morgan fingerprint density at radius 1 is 1.50 bits per heavy atom. The van der Waals surface area contributed by atoms with Crippen molar-refractivity contribution in [2.24, 2.45) is 0 Å². The minimum atomic E-state index is -3.03. The Kier molecular flexibility index (Phi) is 2.97. The molecule has 1 atom stereocenters. The summed E-state index contributed by atoms with van der Waals surface area (Å²) in [7, 11) is -3.03. The van der Waals surface area contributed by atoms with Crippen LogP contribution in [0, 0.1) is 0 Å². The summed E-state index contributed by atoms with van der Waals surface area (Å²) in [5.74, 6) is -0.368. The number of sulfone groups is 1. The largest absolute Gasteiger partial charge is 0.478 e. The van der Waals surface area contributed by atoms with Crippen molar-refractivity contribution in [3.63, 3.8) is 0 Å². The van der Waals surface area contributed by atoms with E-state index in [0.29, 0.717) is 24.3 Å². The molecule has 1 aliphatic rings. The number of hydrogen-bond donors (Lipinski definition) is 1. The van der Waals surface area contributed by atoms with Crippen molar-refractivity contribution in [1.29, 1.82) is 0 Å². The monoisotopic (exact) mass is 295 g/mol. The molecule has 1 aliphatic heterocycles. The van der Waals surface area contributed by atoms with E-state index in [1.807, 2.05) is 0 Å². The smallest absolute Gasteiger partial charge is 0.335 e. The zero-order valence-corrected chi connectivity index (χ0v) is 11.4. The van der Waals surface area contributed by atoms with Crippen molar-refractivity contribution in [3.8, 4) is 0 Å². The molecule has 1 unspecified atom stereocenters. The van der Waals surface area contributed by atoms with Crippen LogP contribution in [0.3, 0.4) is 0 Å². The Hall–Kier alpha value is -1.96. The summed E-state index contributed by atoms with van der Waals surface area (Å²) >= 11 is 0. The van der Waals surface area contributed by atoms with Crippen LogP contribution in [0.25, 0.3) is 5.65 Å². The van der Waals surface area contributed by atoms with Crippen molar-refractivity contribution >= 4 is 21.5 Å². The highest BCUT2D eigenvalue weighted by atomic mass is 32.2. The summed E-state index contributed by atoms with van der Waals surface area (Å²) in [6, 6.07) is 2.85. The number of aromatic nitrogens is 3. The predicted molar refractivity (Wildman–Crippen MR) is 70.5 cm³/mol. The van der Waals surface area contributed by atoms with Crippen molar-refractivity contribution in [1.82, 2.24) is 14.6 Å². The van der Waals surface area contributed by atoms with Crippen LogP contribution in [0.15, 0.2) is 18.3 Å². The van der Waals surface area contributed by atoms with Crippen LogP contribution in [0.1, 0.15) is 29.0 Å². The highest BCUT2D eigenvalue weighted by molar-refractivity contribution is 7.92. The summed E-state index contributed by atoms with van der Waals surface area (Å²) in [4.78, 5) is 15.1. The topological polar surface area (TPSA) is 102 Å². The number of nitrogens with zero attached hydrogens (tertiary/aromatic N) is 3. The normalized spacial score (nSPS) is 21.3. The molecule has 0 radical (unpaired) electrons. The maximum absolute atomic E-state index is 11.8. The molecule has 1 fully saturated rings. The second-order valence-corrected chi connectivity index (χ2v) is 7.29. The van der Waals surface area contributed by atoms with Crippen LogP contribution in [0.2, 0.25) is 0 Å². The van der Waals surface area contributed by atoms with Gasteiger partial charge in [-0.1, -0.05) is 0 Å². The van der Waals surface area contributed by atoms with E-state index in [1.54, 1.807) is 0 Å². The Balaban J connectivity index is 1.91. The van der Waals surface area contributed by atoms with Gasteiger partial charge in [0, 0.05) is 12.6 Å². The first-order valence-corrected chi connectivity index (χ1v) is 7.97. The third kappa shape index (κ3) is 2.26. The molecule has 7 nitrogen and oxygen atoms in total. The Morgan fingerprint density at radius 3 is 2.95 bits per heavy atom. The summed E-state index contributed by atoms with van der Waals surface area (Å²) in [6.07, 6.45) is 3.12. The summed E-state index contributed by atoms with van der Waals surface area (Å²) in [6.45, 7) is 0. The second-order valence-electron chi connectivity index (χ2n) is 4.89. The summed E-state index contributed by atoms with van der Waals surface area (Å²) in [5.41, 5.74) is 0.542. The standard InChI is InChI=1S/C12H13N3O4S/c16-12(17)8-3-4-15-11(6-8)13-10(14-15)7-9-2-1-5-20(9,18)19/h3-4,6,9H,1-2,5,7H2,(H,16,17). The SMILES string of the molecule is O=C(O)c1ccn2nc(CC3CCCS3(=O)=O)nc2c1. The minimum absolute atomic E-state index is 0.130. The lowest BCUT2D eigenvalue weighted by Crippen LogP contribution is -2.19. The molecular formula is C12H13N3O4S. The quantitative estimate of drug-likeness (QED) is 0.887. The van der Waals surface area contributed by atoms with Gasteiger partial charge in [0.15, 0.2) is 21.3 Å².